The minimum absolute atomic E-state index is 0.633. The largest absolute Gasteiger partial charge is 0.271 e. The summed E-state index contributed by atoms with van der Waals surface area (Å²) in [4.78, 5) is 0.633. The topological polar surface area (TPSA) is 34.9 Å². The van der Waals surface area contributed by atoms with Crippen LogP contribution in [0.1, 0.15) is 11.4 Å². The average molecular weight is 193 g/mol. The minimum atomic E-state index is -1.44. The van der Waals surface area contributed by atoms with Gasteiger partial charge in [0.15, 0.2) is 10.0 Å². The summed E-state index contributed by atoms with van der Waals surface area (Å²) in [5.41, 5.74) is 1.59. The summed E-state index contributed by atoms with van der Waals surface area (Å²) >= 11 is 0. The molecule has 3 nitrogen and oxygen atoms in total. The van der Waals surface area contributed by atoms with E-state index >= 15 is 0 Å². The van der Waals surface area contributed by atoms with Crippen molar-refractivity contribution >= 4 is 20.7 Å². The second-order valence-corrected chi connectivity index (χ2v) is 4.04. The molecule has 1 aromatic rings. The summed E-state index contributed by atoms with van der Waals surface area (Å²) in [6.45, 7) is 3.64. The second kappa shape index (κ2) is 2.95. The van der Waals surface area contributed by atoms with Gasteiger partial charge in [0, 0.05) is 7.05 Å². The third kappa shape index (κ3) is 1.46. The Morgan fingerprint density at radius 3 is 2.27 bits per heavy atom. The van der Waals surface area contributed by atoms with Crippen molar-refractivity contribution in [2.75, 3.05) is 0 Å². The lowest BCUT2D eigenvalue weighted by Crippen LogP contribution is -1.93. The molecule has 0 aliphatic heterocycles. The molecular weight excluding hydrogens is 184 g/mol. The molecule has 0 fully saturated rings. The molecule has 0 amide bonds. The number of aryl methyl sites for hydroxylation is 2. The van der Waals surface area contributed by atoms with E-state index in [1.165, 1.54) is 0 Å². The summed E-state index contributed by atoms with van der Waals surface area (Å²) in [6, 6.07) is 0. The number of nitrogens with zero attached hydrogens (tertiary/aromatic N) is 2. The van der Waals surface area contributed by atoms with Crippen LogP contribution in [0.5, 0.6) is 0 Å². The Morgan fingerprint density at radius 2 is 2.09 bits per heavy atom. The molecular formula is C6H9ClN2OS. The van der Waals surface area contributed by atoms with Crippen molar-refractivity contribution in [2.24, 2.45) is 7.05 Å². The third-order valence-electron chi connectivity index (χ3n) is 1.60. The Kier molecular flexibility index (Phi) is 2.34. The summed E-state index contributed by atoms with van der Waals surface area (Å²) < 4.78 is 12.6. The average Bonchev–Trinajstić information content (AvgIpc) is 2.07. The first-order chi connectivity index (χ1) is 5.04. The van der Waals surface area contributed by atoms with Crippen LogP contribution in [-0.2, 0) is 17.1 Å². The Balaban J connectivity index is 3.34. The van der Waals surface area contributed by atoms with Gasteiger partial charge < -0.3 is 0 Å². The van der Waals surface area contributed by atoms with Gasteiger partial charge in [0.2, 0.25) is 0 Å². The first-order valence-electron chi connectivity index (χ1n) is 3.12. The quantitative estimate of drug-likeness (QED) is 0.629. The van der Waals surface area contributed by atoms with E-state index in [1.807, 2.05) is 6.92 Å². The second-order valence-electron chi connectivity index (χ2n) is 2.35. The number of halogens is 1. The molecule has 0 radical (unpaired) electrons. The van der Waals surface area contributed by atoms with E-state index in [0.29, 0.717) is 4.90 Å². The van der Waals surface area contributed by atoms with E-state index in [4.69, 9.17) is 10.7 Å². The number of aromatic nitrogens is 2. The zero-order valence-electron chi connectivity index (χ0n) is 6.59. The van der Waals surface area contributed by atoms with Gasteiger partial charge in [0.25, 0.3) is 0 Å². The molecule has 0 saturated heterocycles. The summed E-state index contributed by atoms with van der Waals surface area (Å²) in [6.07, 6.45) is 0. The fourth-order valence-corrected chi connectivity index (χ4v) is 2.29. The molecule has 11 heavy (non-hydrogen) atoms. The number of rotatable bonds is 1. The molecule has 1 heterocycles. The predicted molar refractivity (Wildman–Crippen MR) is 44.9 cm³/mol. The molecule has 0 saturated carbocycles. The maximum atomic E-state index is 10.9. The lowest BCUT2D eigenvalue weighted by atomic mass is 10.4. The molecule has 5 heteroatoms. The molecule has 0 spiro atoms. The van der Waals surface area contributed by atoms with Gasteiger partial charge in [-0.05, 0) is 24.5 Å². The first kappa shape index (κ1) is 8.74. The van der Waals surface area contributed by atoms with E-state index in [0.717, 1.165) is 11.4 Å². The first-order valence-corrected chi connectivity index (χ1v) is 5.10. The van der Waals surface area contributed by atoms with Crippen LogP contribution < -0.4 is 0 Å². The van der Waals surface area contributed by atoms with Gasteiger partial charge in [0.05, 0.1) is 16.3 Å². The monoisotopic (exact) mass is 192 g/mol. The van der Waals surface area contributed by atoms with Crippen molar-refractivity contribution in [1.29, 1.82) is 0 Å². The van der Waals surface area contributed by atoms with Gasteiger partial charge in [-0.15, -0.1) is 0 Å². The molecule has 0 N–H and O–H groups in total. The van der Waals surface area contributed by atoms with E-state index < -0.39 is 10.0 Å². The Hall–Kier alpha value is -0.350. The van der Waals surface area contributed by atoms with E-state index in [2.05, 4.69) is 5.10 Å². The standard InChI is InChI=1S/C6H9ClN2OS/c1-4-6(11(7)10)5(2)9(3)8-4/h1-3H3. The Morgan fingerprint density at radius 1 is 1.55 bits per heavy atom. The summed E-state index contributed by atoms with van der Waals surface area (Å²) in [5.74, 6) is 0. The van der Waals surface area contributed by atoms with E-state index in [9.17, 15) is 4.21 Å². The van der Waals surface area contributed by atoms with Crippen molar-refractivity contribution in [2.45, 2.75) is 18.7 Å². The van der Waals surface area contributed by atoms with E-state index in [-0.39, 0.29) is 0 Å². The fourth-order valence-electron chi connectivity index (χ4n) is 0.986. The third-order valence-corrected chi connectivity index (χ3v) is 2.98. The fraction of sp³-hybridized carbons (Fsp3) is 0.500. The van der Waals surface area contributed by atoms with Crippen LogP contribution in [0.3, 0.4) is 0 Å². The van der Waals surface area contributed by atoms with Crippen molar-refractivity contribution in [3.8, 4) is 0 Å². The molecule has 0 aromatic carbocycles. The van der Waals surface area contributed by atoms with Gasteiger partial charge >= 0.3 is 0 Å². The SMILES string of the molecule is Cc1nn(C)c(C)c1S(=O)Cl. The van der Waals surface area contributed by atoms with Crippen LogP contribution in [-0.4, -0.2) is 14.0 Å². The van der Waals surface area contributed by atoms with Crippen LogP contribution in [0.15, 0.2) is 4.90 Å². The normalized spacial score (nSPS) is 13.5. The zero-order valence-corrected chi connectivity index (χ0v) is 8.16. The van der Waals surface area contributed by atoms with Crippen LogP contribution in [0.4, 0.5) is 0 Å². The van der Waals surface area contributed by atoms with Crippen LogP contribution in [0.25, 0.3) is 0 Å². The molecule has 0 aliphatic carbocycles. The molecule has 1 rings (SSSR count). The highest BCUT2D eigenvalue weighted by Crippen LogP contribution is 2.18. The van der Waals surface area contributed by atoms with Crippen LogP contribution >= 0.6 is 10.7 Å². The molecule has 1 unspecified atom stereocenters. The van der Waals surface area contributed by atoms with E-state index in [1.54, 1.807) is 18.7 Å². The van der Waals surface area contributed by atoms with Gasteiger partial charge in [0.1, 0.15) is 0 Å². The zero-order chi connectivity index (χ0) is 8.59. The Bertz CT molecular complexity index is 308. The molecule has 62 valence electrons. The lowest BCUT2D eigenvalue weighted by Gasteiger charge is -1.93. The van der Waals surface area contributed by atoms with Crippen molar-refractivity contribution in [3.05, 3.63) is 11.4 Å². The van der Waals surface area contributed by atoms with Gasteiger partial charge in [-0.25, -0.2) is 4.21 Å². The van der Waals surface area contributed by atoms with Crippen molar-refractivity contribution in [3.63, 3.8) is 0 Å². The lowest BCUT2D eigenvalue weighted by molar-refractivity contribution is 0.689. The maximum absolute atomic E-state index is 10.9. The van der Waals surface area contributed by atoms with Crippen LogP contribution in [0.2, 0.25) is 0 Å². The summed E-state index contributed by atoms with van der Waals surface area (Å²) in [7, 11) is 5.80. The highest BCUT2D eigenvalue weighted by Gasteiger charge is 2.13. The smallest absolute Gasteiger partial charge is 0.151 e. The number of hydrogen-bond donors (Lipinski definition) is 0. The highest BCUT2D eigenvalue weighted by atomic mass is 35.7. The van der Waals surface area contributed by atoms with Gasteiger partial charge in [-0.3, -0.25) is 4.68 Å². The van der Waals surface area contributed by atoms with Gasteiger partial charge in [-0.2, -0.15) is 5.10 Å². The molecule has 0 bridgehead atoms. The molecule has 1 aromatic heterocycles. The van der Waals surface area contributed by atoms with Crippen molar-refractivity contribution < 1.29 is 4.21 Å². The predicted octanol–water partition coefficient (Wildman–Crippen LogP) is 1.30. The minimum Gasteiger partial charge on any atom is -0.271 e. The van der Waals surface area contributed by atoms with Gasteiger partial charge in [-0.1, -0.05) is 0 Å². The molecule has 0 aliphatic rings. The van der Waals surface area contributed by atoms with Crippen molar-refractivity contribution in [1.82, 2.24) is 9.78 Å². The number of hydrogen-bond acceptors (Lipinski definition) is 2. The molecule has 1 atom stereocenters. The Labute approximate surface area is 72.3 Å². The van der Waals surface area contributed by atoms with Crippen LogP contribution in [0, 0.1) is 13.8 Å². The highest BCUT2D eigenvalue weighted by molar-refractivity contribution is 8.08. The summed E-state index contributed by atoms with van der Waals surface area (Å²) in [5, 5.41) is 4.07. The maximum Gasteiger partial charge on any atom is 0.151 e.